The summed E-state index contributed by atoms with van der Waals surface area (Å²) in [5.41, 5.74) is 1.57. The van der Waals surface area contributed by atoms with Crippen molar-refractivity contribution >= 4 is 15.7 Å². The fraction of sp³-hybridized carbons (Fsp3) is 0.182. The molecular weight excluding hydrogens is 254 g/mol. The molecule has 0 aliphatic heterocycles. The van der Waals surface area contributed by atoms with Crippen LogP contribution in [0.25, 0.3) is 0 Å². The molecule has 0 saturated heterocycles. The first kappa shape index (κ1) is 12.4. The minimum Gasteiger partial charge on any atom is -0.507 e. The average Bonchev–Trinajstić information content (AvgIpc) is 2.61. The van der Waals surface area contributed by atoms with E-state index in [1.165, 1.54) is 12.1 Å². The number of benzene rings is 1. The second-order valence-corrected chi connectivity index (χ2v) is 5.53. The number of aromatic amines is 1. The van der Waals surface area contributed by atoms with Gasteiger partial charge in [0.15, 0.2) is 0 Å². The quantitative estimate of drug-likeness (QED) is 0.786. The molecule has 0 aliphatic rings. The van der Waals surface area contributed by atoms with Crippen molar-refractivity contribution in [2.24, 2.45) is 0 Å². The Bertz CT molecular complexity index is 657. The topological polar surface area (TPSA) is 95.1 Å². The SMILES string of the molecule is Cc1n[nH]c(C)c1NS(=O)(=O)c1ccccc1O. The molecule has 2 aromatic rings. The largest absolute Gasteiger partial charge is 0.507 e. The third-order valence-corrected chi connectivity index (χ3v) is 3.92. The first-order valence-corrected chi connectivity index (χ1v) is 6.72. The highest BCUT2D eigenvalue weighted by Crippen LogP contribution is 2.26. The monoisotopic (exact) mass is 267 g/mol. The number of aromatic hydroxyl groups is 1. The van der Waals surface area contributed by atoms with Crippen molar-refractivity contribution in [3.8, 4) is 5.75 Å². The van der Waals surface area contributed by atoms with Gasteiger partial charge in [0, 0.05) is 0 Å². The van der Waals surface area contributed by atoms with Crippen LogP contribution in [0, 0.1) is 13.8 Å². The molecule has 6 nitrogen and oxygen atoms in total. The zero-order valence-electron chi connectivity index (χ0n) is 9.93. The molecule has 0 unspecified atom stereocenters. The summed E-state index contributed by atoms with van der Waals surface area (Å²) in [6.07, 6.45) is 0. The lowest BCUT2D eigenvalue weighted by Gasteiger charge is -2.09. The lowest BCUT2D eigenvalue weighted by molar-refractivity contribution is 0.459. The third kappa shape index (κ3) is 2.17. The number of nitrogens with one attached hydrogen (secondary N) is 2. The summed E-state index contributed by atoms with van der Waals surface area (Å²) in [4.78, 5) is -0.162. The molecule has 7 heteroatoms. The number of anilines is 1. The number of para-hydroxylation sites is 1. The summed E-state index contributed by atoms with van der Waals surface area (Å²) in [5, 5.41) is 16.2. The Morgan fingerprint density at radius 1 is 1.28 bits per heavy atom. The molecule has 0 radical (unpaired) electrons. The van der Waals surface area contributed by atoms with Crippen LogP contribution in [0.1, 0.15) is 11.4 Å². The molecule has 2 rings (SSSR count). The summed E-state index contributed by atoms with van der Waals surface area (Å²) in [5.74, 6) is -0.288. The van der Waals surface area contributed by atoms with Gasteiger partial charge in [0.05, 0.1) is 17.1 Å². The summed E-state index contributed by atoms with van der Waals surface area (Å²) >= 11 is 0. The van der Waals surface area contributed by atoms with Gasteiger partial charge in [-0.1, -0.05) is 12.1 Å². The van der Waals surface area contributed by atoms with Gasteiger partial charge in [-0.2, -0.15) is 5.10 Å². The van der Waals surface area contributed by atoms with Crippen LogP contribution in [-0.4, -0.2) is 23.7 Å². The number of nitrogens with zero attached hydrogens (tertiary/aromatic N) is 1. The van der Waals surface area contributed by atoms with E-state index in [0.29, 0.717) is 17.1 Å². The van der Waals surface area contributed by atoms with E-state index in [1.807, 2.05) is 0 Å². The first-order valence-electron chi connectivity index (χ1n) is 5.24. The molecular formula is C11H13N3O3S. The van der Waals surface area contributed by atoms with Crippen LogP contribution < -0.4 is 4.72 Å². The van der Waals surface area contributed by atoms with Crippen LogP contribution in [0.4, 0.5) is 5.69 Å². The predicted molar refractivity (Wildman–Crippen MR) is 67.0 cm³/mol. The van der Waals surface area contributed by atoms with E-state index in [-0.39, 0.29) is 10.6 Å². The number of sulfonamides is 1. The van der Waals surface area contributed by atoms with Crippen LogP contribution >= 0.6 is 0 Å². The molecule has 0 aliphatic carbocycles. The number of aryl methyl sites for hydroxylation is 2. The highest BCUT2D eigenvalue weighted by Gasteiger charge is 2.20. The van der Waals surface area contributed by atoms with Crippen molar-refractivity contribution in [3.63, 3.8) is 0 Å². The van der Waals surface area contributed by atoms with Crippen molar-refractivity contribution in [2.45, 2.75) is 18.7 Å². The van der Waals surface area contributed by atoms with Crippen LogP contribution in [0.5, 0.6) is 5.75 Å². The summed E-state index contributed by atoms with van der Waals surface area (Å²) in [6.45, 7) is 3.40. The number of hydrogen-bond acceptors (Lipinski definition) is 4. The first-order chi connectivity index (χ1) is 8.42. The number of hydrogen-bond donors (Lipinski definition) is 3. The molecule has 0 saturated carbocycles. The lowest BCUT2D eigenvalue weighted by Crippen LogP contribution is -2.14. The Morgan fingerprint density at radius 3 is 2.50 bits per heavy atom. The molecule has 3 N–H and O–H groups in total. The third-order valence-electron chi connectivity index (χ3n) is 2.52. The maximum absolute atomic E-state index is 12.1. The van der Waals surface area contributed by atoms with E-state index in [1.54, 1.807) is 26.0 Å². The Kier molecular flexibility index (Phi) is 3.00. The fourth-order valence-corrected chi connectivity index (χ4v) is 2.86. The van der Waals surface area contributed by atoms with Crippen LogP contribution in [-0.2, 0) is 10.0 Å². The summed E-state index contributed by atoms with van der Waals surface area (Å²) in [7, 11) is -3.82. The van der Waals surface area contributed by atoms with Crippen molar-refractivity contribution < 1.29 is 13.5 Å². The van der Waals surface area contributed by atoms with Gasteiger partial charge in [0.1, 0.15) is 10.6 Å². The molecule has 0 amide bonds. The maximum atomic E-state index is 12.1. The van der Waals surface area contributed by atoms with E-state index < -0.39 is 10.0 Å². The molecule has 0 spiro atoms. The van der Waals surface area contributed by atoms with E-state index in [9.17, 15) is 13.5 Å². The lowest BCUT2D eigenvalue weighted by atomic mass is 10.3. The van der Waals surface area contributed by atoms with Gasteiger partial charge < -0.3 is 5.11 Å². The maximum Gasteiger partial charge on any atom is 0.265 e. The molecule has 18 heavy (non-hydrogen) atoms. The summed E-state index contributed by atoms with van der Waals surface area (Å²) in [6, 6.07) is 5.76. The standard InChI is InChI=1S/C11H13N3O3S/c1-7-11(8(2)13-12-7)14-18(16,17)10-6-4-3-5-9(10)15/h3-6,14-15H,1-2H3,(H,12,13). The van der Waals surface area contributed by atoms with Gasteiger partial charge in [0.25, 0.3) is 10.0 Å². The zero-order valence-corrected chi connectivity index (χ0v) is 10.7. The van der Waals surface area contributed by atoms with E-state index in [4.69, 9.17) is 0 Å². The van der Waals surface area contributed by atoms with E-state index >= 15 is 0 Å². The van der Waals surface area contributed by atoms with Gasteiger partial charge >= 0.3 is 0 Å². The van der Waals surface area contributed by atoms with Gasteiger partial charge in [-0.05, 0) is 26.0 Å². The van der Waals surface area contributed by atoms with E-state index in [2.05, 4.69) is 14.9 Å². The smallest absolute Gasteiger partial charge is 0.265 e. The minimum absolute atomic E-state index is 0.162. The second kappa shape index (κ2) is 4.34. The van der Waals surface area contributed by atoms with Gasteiger partial charge in [-0.25, -0.2) is 8.42 Å². The fourth-order valence-electron chi connectivity index (χ4n) is 1.58. The molecule has 0 bridgehead atoms. The number of rotatable bonds is 3. The number of phenols is 1. The second-order valence-electron chi connectivity index (χ2n) is 3.88. The Labute approximate surface area is 105 Å². The molecule has 96 valence electrons. The molecule has 1 aromatic heterocycles. The van der Waals surface area contributed by atoms with Crippen LogP contribution in [0.2, 0.25) is 0 Å². The van der Waals surface area contributed by atoms with E-state index in [0.717, 1.165) is 0 Å². The Morgan fingerprint density at radius 2 is 1.94 bits per heavy atom. The molecule has 0 fully saturated rings. The number of H-pyrrole nitrogens is 1. The molecule has 0 atom stereocenters. The molecule has 1 aromatic carbocycles. The van der Waals surface area contributed by atoms with Crippen molar-refractivity contribution in [3.05, 3.63) is 35.7 Å². The summed E-state index contributed by atoms with van der Waals surface area (Å²) < 4.78 is 26.6. The Balaban J connectivity index is 2.43. The van der Waals surface area contributed by atoms with Crippen molar-refractivity contribution in [2.75, 3.05) is 4.72 Å². The van der Waals surface area contributed by atoms with Gasteiger partial charge in [0.2, 0.25) is 0 Å². The minimum atomic E-state index is -3.82. The Hall–Kier alpha value is -2.02. The van der Waals surface area contributed by atoms with Crippen molar-refractivity contribution in [1.29, 1.82) is 0 Å². The van der Waals surface area contributed by atoms with Gasteiger partial charge in [-0.15, -0.1) is 0 Å². The average molecular weight is 267 g/mol. The molecule has 1 heterocycles. The van der Waals surface area contributed by atoms with Gasteiger partial charge in [-0.3, -0.25) is 9.82 Å². The number of phenolic OH excluding ortho intramolecular Hbond substituents is 1. The van der Waals surface area contributed by atoms with Crippen molar-refractivity contribution in [1.82, 2.24) is 10.2 Å². The highest BCUT2D eigenvalue weighted by atomic mass is 32.2. The predicted octanol–water partition coefficient (Wildman–Crippen LogP) is 1.53. The van der Waals surface area contributed by atoms with Crippen LogP contribution in [0.3, 0.4) is 0 Å². The normalized spacial score (nSPS) is 11.4. The van der Waals surface area contributed by atoms with Crippen LogP contribution in [0.15, 0.2) is 29.2 Å². The zero-order chi connectivity index (χ0) is 13.3. The highest BCUT2D eigenvalue weighted by molar-refractivity contribution is 7.92. The number of aromatic nitrogens is 2.